The lowest BCUT2D eigenvalue weighted by Gasteiger charge is -2.19. The predicted molar refractivity (Wildman–Crippen MR) is 76.2 cm³/mol. The van der Waals surface area contributed by atoms with Crippen LogP contribution in [0, 0.1) is 0 Å². The number of nitrogens with one attached hydrogen (secondary N) is 1. The zero-order chi connectivity index (χ0) is 15.5. The Morgan fingerprint density at radius 1 is 1.00 bits per heavy atom. The Morgan fingerprint density at radius 2 is 1.57 bits per heavy atom. The van der Waals surface area contributed by atoms with Crippen molar-refractivity contribution < 1.29 is 18.3 Å². The number of aromatic hydroxyl groups is 1. The molecule has 21 heavy (non-hydrogen) atoms. The van der Waals surface area contributed by atoms with Crippen LogP contribution in [-0.2, 0) is 6.18 Å². The van der Waals surface area contributed by atoms with Gasteiger partial charge in [-0.1, -0.05) is 19.1 Å². The molecule has 2 rings (SSSR count). The summed E-state index contributed by atoms with van der Waals surface area (Å²) in [5.74, 6) is 0.183. The van der Waals surface area contributed by atoms with Gasteiger partial charge in [-0.2, -0.15) is 13.2 Å². The fourth-order valence-corrected chi connectivity index (χ4v) is 2.08. The molecule has 5 heteroatoms. The Labute approximate surface area is 121 Å². The average molecular weight is 295 g/mol. The molecule has 0 spiro atoms. The largest absolute Gasteiger partial charge is 0.508 e. The Hall–Kier alpha value is -2.17. The lowest BCUT2D eigenvalue weighted by Crippen LogP contribution is -2.10. The maximum Gasteiger partial charge on any atom is 0.416 e. The molecule has 0 heterocycles. The number of halogens is 3. The molecule has 112 valence electrons. The zero-order valence-corrected chi connectivity index (χ0v) is 11.5. The van der Waals surface area contributed by atoms with E-state index >= 15 is 0 Å². The van der Waals surface area contributed by atoms with E-state index in [4.69, 9.17) is 0 Å². The topological polar surface area (TPSA) is 32.3 Å². The van der Waals surface area contributed by atoms with Crippen molar-refractivity contribution in [3.63, 3.8) is 0 Å². The minimum atomic E-state index is -4.32. The molecule has 0 bridgehead atoms. The van der Waals surface area contributed by atoms with Gasteiger partial charge in [-0.3, -0.25) is 0 Å². The standard InChI is InChI=1S/C16H16F3NO/c1-2-15(11-3-9-14(21)10-4-11)20-13-7-5-12(6-8-13)16(17,18)19/h3-10,15,20-21H,2H2,1H3. The van der Waals surface area contributed by atoms with Gasteiger partial charge in [0.15, 0.2) is 0 Å². The van der Waals surface area contributed by atoms with Gasteiger partial charge in [0.2, 0.25) is 0 Å². The molecule has 0 aromatic heterocycles. The quantitative estimate of drug-likeness (QED) is 0.834. The highest BCUT2D eigenvalue weighted by Crippen LogP contribution is 2.31. The van der Waals surface area contributed by atoms with E-state index in [0.717, 1.165) is 24.1 Å². The summed E-state index contributed by atoms with van der Waals surface area (Å²) >= 11 is 0. The van der Waals surface area contributed by atoms with Crippen LogP contribution in [0.5, 0.6) is 5.75 Å². The third-order valence-electron chi connectivity index (χ3n) is 3.26. The Balaban J connectivity index is 2.13. The van der Waals surface area contributed by atoms with E-state index in [1.54, 1.807) is 24.3 Å². The number of hydrogen-bond donors (Lipinski definition) is 2. The second kappa shape index (κ2) is 6.08. The molecule has 0 aliphatic rings. The summed E-state index contributed by atoms with van der Waals surface area (Å²) in [5.41, 5.74) is 0.934. The van der Waals surface area contributed by atoms with Crippen molar-refractivity contribution in [1.82, 2.24) is 0 Å². The maximum absolute atomic E-state index is 12.5. The van der Waals surface area contributed by atoms with Gasteiger partial charge in [0.05, 0.1) is 11.6 Å². The number of rotatable bonds is 4. The van der Waals surface area contributed by atoms with Crippen LogP contribution >= 0.6 is 0 Å². The van der Waals surface area contributed by atoms with E-state index in [1.165, 1.54) is 12.1 Å². The first-order valence-electron chi connectivity index (χ1n) is 6.63. The van der Waals surface area contributed by atoms with Crippen LogP contribution in [0.2, 0.25) is 0 Å². The molecule has 0 saturated heterocycles. The first-order valence-corrected chi connectivity index (χ1v) is 6.63. The fourth-order valence-electron chi connectivity index (χ4n) is 2.08. The fraction of sp³-hybridized carbons (Fsp3) is 0.250. The monoisotopic (exact) mass is 295 g/mol. The molecule has 0 fully saturated rings. The van der Waals surface area contributed by atoms with E-state index in [-0.39, 0.29) is 11.8 Å². The van der Waals surface area contributed by atoms with Gasteiger partial charge in [0, 0.05) is 5.69 Å². The summed E-state index contributed by atoms with van der Waals surface area (Å²) < 4.78 is 37.5. The van der Waals surface area contributed by atoms with E-state index in [9.17, 15) is 18.3 Å². The normalized spacial score (nSPS) is 13.0. The van der Waals surface area contributed by atoms with Crippen molar-refractivity contribution in [2.24, 2.45) is 0 Å². The highest BCUT2D eigenvalue weighted by molar-refractivity contribution is 5.47. The van der Waals surface area contributed by atoms with Gasteiger partial charge < -0.3 is 10.4 Å². The molecule has 2 nitrogen and oxygen atoms in total. The second-order valence-corrected chi connectivity index (χ2v) is 4.77. The van der Waals surface area contributed by atoms with Gasteiger partial charge in [-0.25, -0.2) is 0 Å². The number of phenolic OH excluding ortho intramolecular Hbond substituents is 1. The highest BCUT2D eigenvalue weighted by atomic mass is 19.4. The number of alkyl halides is 3. The van der Waals surface area contributed by atoms with Crippen molar-refractivity contribution in [1.29, 1.82) is 0 Å². The first-order chi connectivity index (χ1) is 9.90. The zero-order valence-electron chi connectivity index (χ0n) is 11.5. The lowest BCUT2D eigenvalue weighted by atomic mass is 10.0. The molecule has 2 N–H and O–H groups in total. The van der Waals surface area contributed by atoms with Crippen LogP contribution in [0.4, 0.5) is 18.9 Å². The molecule has 1 unspecified atom stereocenters. The Kier molecular flexibility index (Phi) is 4.40. The van der Waals surface area contributed by atoms with Crippen molar-refractivity contribution in [3.8, 4) is 5.75 Å². The summed E-state index contributed by atoms with van der Waals surface area (Å²) in [6.07, 6.45) is -3.55. The molecular formula is C16H16F3NO. The van der Waals surface area contributed by atoms with Gasteiger partial charge in [-0.15, -0.1) is 0 Å². The van der Waals surface area contributed by atoms with Crippen LogP contribution in [0.25, 0.3) is 0 Å². The van der Waals surface area contributed by atoms with E-state index in [1.807, 2.05) is 6.92 Å². The lowest BCUT2D eigenvalue weighted by molar-refractivity contribution is -0.137. The molecule has 0 aliphatic heterocycles. The number of phenols is 1. The highest BCUT2D eigenvalue weighted by Gasteiger charge is 2.29. The van der Waals surface area contributed by atoms with Crippen LogP contribution in [-0.4, -0.2) is 5.11 Å². The minimum absolute atomic E-state index is 0.0256. The molecule has 0 amide bonds. The smallest absolute Gasteiger partial charge is 0.416 e. The van der Waals surface area contributed by atoms with Crippen LogP contribution in [0.1, 0.15) is 30.5 Å². The number of anilines is 1. The summed E-state index contributed by atoms with van der Waals surface area (Å²) in [7, 11) is 0. The third kappa shape index (κ3) is 3.90. The summed E-state index contributed by atoms with van der Waals surface area (Å²) in [4.78, 5) is 0. The van der Waals surface area contributed by atoms with E-state index < -0.39 is 11.7 Å². The van der Waals surface area contributed by atoms with Gasteiger partial charge in [0.1, 0.15) is 5.75 Å². The van der Waals surface area contributed by atoms with Crippen LogP contribution in [0.15, 0.2) is 48.5 Å². The summed E-state index contributed by atoms with van der Waals surface area (Å²) in [6, 6.07) is 11.7. The van der Waals surface area contributed by atoms with E-state index in [2.05, 4.69) is 5.32 Å². The molecule has 0 saturated carbocycles. The summed E-state index contributed by atoms with van der Waals surface area (Å²) in [6.45, 7) is 1.98. The first kappa shape index (κ1) is 15.2. The minimum Gasteiger partial charge on any atom is -0.508 e. The molecule has 0 aliphatic carbocycles. The Morgan fingerprint density at radius 3 is 2.05 bits per heavy atom. The van der Waals surface area contributed by atoms with Gasteiger partial charge in [0.25, 0.3) is 0 Å². The van der Waals surface area contributed by atoms with Crippen LogP contribution < -0.4 is 5.32 Å². The molecule has 2 aromatic carbocycles. The third-order valence-corrected chi connectivity index (χ3v) is 3.26. The number of benzene rings is 2. The van der Waals surface area contributed by atoms with Gasteiger partial charge in [-0.05, 0) is 48.4 Å². The summed E-state index contributed by atoms with van der Waals surface area (Å²) in [5, 5.41) is 12.5. The van der Waals surface area contributed by atoms with Crippen molar-refractivity contribution in [2.75, 3.05) is 5.32 Å². The molecular weight excluding hydrogens is 279 g/mol. The molecule has 2 aromatic rings. The predicted octanol–water partition coefficient (Wildman–Crippen LogP) is 4.97. The maximum atomic E-state index is 12.5. The van der Waals surface area contributed by atoms with Gasteiger partial charge >= 0.3 is 6.18 Å². The number of hydrogen-bond acceptors (Lipinski definition) is 2. The Bertz CT molecular complexity index is 576. The van der Waals surface area contributed by atoms with Crippen molar-refractivity contribution in [2.45, 2.75) is 25.6 Å². The molecule has 1 atom stereocenters. The van der Waals surface area contributed by atoms with E-state index in [0.29, 0.717) is 5.69 Å². The van der Waals surface area contributed by atoms with Crippen LogP contribution in [0.3, 0.4) is 0 Å². The second-order valence-electron chi connectivity index (χ2n) is 4.77. The molecule has 0 radical (unpaired) electrons. The van der Waals surface area contributed by atoms with Crippen molar-refractivity contribution >= 4 is 5.69 Å². The van der Waals surface area contributed by atoms with Crippen molar-refractivity contribution in [3.05, 3.63) is 59.7 Å². The SMILES string of the molecule is CCC(Nc1ccc(C(F)(F)F)cc1)c1ccc(O)cc1. The average Bonchev–Trinajstić information content (AvgIpc) is 2.45.